The summed E-state index contributed by atoms with van der Waals surface area (Å²) in [5, 5.41) is 2.50. The molecule has 0 amide bonds. The van der Waals surface area contributed by atoms with Crippen LogP contribution in [0, 0.1) is 0 Å². The number of anilines is 3. The third-order valence-electron chi connectivity index (χ3n) is 15.2. The molecule has 0 saturated carbocycles. The van der Waals surface area contributed by atoms with Gasteiger partial charge in [0.05, 0.1) is 11.0 Å². The molecule has 2 nitrogen and oxygen atoms in total. The Kier molecular flexibility index (Phi) is 8.95. The fraction of sp³-hybridized carbons (Fsp3) is 0.0909. The fourth-order valence-corrected chi connectivity index (χ4v) is 11.8. The maximum Gasteiger partial charge on any atom is 0.0619 e. The smallest absolute Gasteiger partial charge is 0.0619 e. The van der Waals surface area contributed by atoms with E-state index in [1.807, 2.05) is 0 Å². The number of aromatic nitrogens is 1. The Bertz CT molecular complexity index is 3670. The molecule has 0 atom stereocenters. The van der Waals surface area contributed by atoms with Gasteiger partial charge in [0.15, 0.2) is 0 Å². The summed E-state index contributed by atoms with van der Waals surface area (Å²) in [6.45, 7) is 9.48. The monoisotopic (exact) mass is 870 g/mol. The zero-order chi connectivity index (χ0) is 45.7. The second kappa shape index (κ2) is 15.2. The standard InChI is InChI=1S/C66H50N2/c1-65(2)59-27-14-11-22-53(59)55-36-34-50(41-61(55)65)67(51-35-37-56-54-23-12-15-28-60(54)66(3,4)62(56)42-51)49-32-30-44(31-33-49)46-38-45(43-18-7-5-8-19-43)39-47(40-46)52-25-17-26-58-57-24-13-16-29-63(57)68(64(52)58)48-20-9-6-10-21-48/h5-42H,1-4H3. The number of nitrogens with zero attached hydrogens (tertiary/aromatic N) is 2. The van der Waals surface area contributed by atoms with Crippen molar-refractivity contribution in [2.75, 3.05) is 4.90 Å². The van der Waals surface area contributed by atoms with E-state index in [1.54, 1.807) is 0 Å². The molecule has 0 fully saturated rings. The molecule has 13 rings (SSSR count). The van der Waals surface area contributed by atoms with Crippen LogP contribution < -0.4 is 4.90 Å². The van der Waals surface area contributed by atoms with Crippen molar-refractivity contribution in [3.05, 3.63) is 253 Å². The van der Waals surface area contributed by atoms with Crippen molar-refractivity contribution in [2.24, 2.45) is 0 Å². The van der Waals surface area contributed by atoms with E-state index in [0.717, 1.165) is 22.7 Å². The Balaban J connectivity index is 0.974. The molecule has 0 saturated heterocycles. The fourth-order valence-electron chi connectivity index (χ4n) is 11.8. The minimum Gasteiger partial charge on any atom is -0.310 e. The number of hydrogen-bond acceptors (Lipinski definition) is 1. The van der Waals surface area contributed by atoms with Gasteiger partial charge in [-0.2, -0.15) is 0 Å². The summed E-state index contributed by atoms with van der Waals surface area (Å²) in [6.07, 6.45) is 0. The van der Waals surface area contributed by atoms with Crippen molar-refractivity contribution in [2.45, 2.75) is 38.5 Å². The van der Waals surface area contributed by atoms with E-state index in [9.17, 15) is 0 Å². The summed E-state index contributed by atoms with van der Waals surface area (Å²) in [6, 6.07) is 85.6. The van der Waals surface area contributed by atoms with Crippen LogP contribution in [-0.2, 0) is 10.8 Å². The van der Waals surface area contributed by atoms with Gasteiger partial charge in [0, 0.05) is 49.9 Å². The minimum absolute atomic E-state index is 0.125. The molecule has 0 unspecified atom stereocenters. The first-order chi connectivity index (χ1) is 33.2. The summed E-state index contributed by atoms with van der Waals surface area (Å²) >= 11 is 0. The first kappa shape index (κ1) is 40.1. The Hall–Kier alpha value is -8.20. The van der Waals surface area contributed by atoms with Gasteiger partial charge in [-0.25, -0.2) is 0 Å². The highest BCUT2D eigenvalue weighted by Crippen LogP contribution is 2.53. The van der Waals surface area contributed by atoms with E-state index in [4.69, 9.17) is 0 Å². The molecule has 0 bridgehead atoms. The molecular formula is C66H50N2. The van der Waals surface area contributed by atoms with E-state index in [-0.39, 0.29) is 10.8 Å². The van der Waals surface area contributed by atoms with Gasteiger partial charge in [-0.3, -0.25) is 0 Å². The molecule has 1 aromatic heterocycles. The average molecular weight is 871 g/mol. The molecule has 2 aliphatic rings. The minimum atomic E-state index is -0.125. The van der Waals surface area contributed by atoms with Crippen LogP contribution in [0.4, 0.5) is 17.1 Å². The molecule has 0 radical (unpaired) electrons. The second-order valence-corrected chi connectivity index (χ2v) is 19.7. The SMILES string of the molecule is CC1(C)c2ccccc2-c2ccc(N(c3ccc(-c4cc(-c5ccccc5)cc(-c5cccc6c7ccccc7n(-c7ccccc7)c56)c4)cc3)c3ccc4c(c3)C(C)(C)c3ccccc3-4)cc21. The zero-order valence-corrected chi connectivity index (χ0v) is 38.8. The van der Waals surface area contributed by atoms with Crippen molar-refractivity contribution < 1.29 is 0 Å². The predicted molar refractivity (Wildman–Crippen MR) is 287 cm³/mol. The number of rotatable bonds is 7. The summed E-state index contributed by atoms with van der Waals surface area (Å²) in [7, 11) is 0. The number of fused-ring (bicyclic) bond motifs is 9. The lowest BCUT2D eigenvalue weighted by Crippen LogP contribution is -2.18. The molecule has 324 valence electrons. The molecule has 0 N–H and O–H groups in total. The van der Waals surface area contributed by atoms with Crippen LogP contribution in [0.2, 0.25) is 0 Å². The Morgan fingerprint density at radius 2 is 0.765 bits per heavy atom. The molecule has 11 aromatic rings. The van der Waals surface area contributed by atoms with Crippen molar-refractivity contribution in [3.63, 3.8) is 0 Å². The first-order valence-electron chi connectivity index (χ1n) is 23.9. The van der Waals surface area contributed by atoms with Gasteiger partial charge < -0.3 is 9.47 Å². The summed E-state index contributed by atoms with van der Waals surface area (Å²) in [5.74, 6) is 0. The van der Waals surface area contributed by atoms with Gasteiger partial charge in [0.1, 0.15) is 0 Å². The van der Waals surface area contributed by atoms with Gasteiger partial charge >= 0.3 is 0 Å². The number of benzene rings is 10. The lowest BCUT2D eigenvalue weighted by Gasteiger charge is -2.30. The van der Waals surface area contributed by atoms with Gasteiger partial charge in [0.25, 0.3) is 0 Å². The highest BCUT2D eigenvalue weighted by atomic mass is 15.1. The molecular weight excluding hydrogens is 821 g/mol. The average Bonchev–Trinajstić information content (AvgIpc) is 3.94. The number of para-hydroxylation sites is 3. The van der Waals surface area contributed by atoms with Gasteiger partial charge in [-0.15, -0.1) is 0 Å². The van der Waals surface area contributed by atoms with E-state index in [0.29, 0.717) is 0 Å². The maximum absolute atomic E-state index is 2.47. The van der Waals surface area contributed by atoms with E-state index >= 15 is 0 Å². The summed E-state index contributed by atoms with van der Waals surface area (Å²) in [4.78, 5) is 2.47. The molecule has 2 aliphatic carbocycles. The Morgan fingerprint density at radius 3 is 1.38 bits per heavy atom. The van der Waals surface area contributed by atoms with Crippen molar-refractivity contribution in [3.8, 4) is 61.3 Å². The maximum atomic E-state index is 2.47. The van der Waals surface area contributed by atoms with E-state index in [2.05, 4.69) is 268 Å². The van der Waals surface area contributed by atoms with Gasteiger partial charge in [-0.1, -0.05) is 185 Å². The molecule has 10 aromatic carbocycles. The third kappa shape index (κ3) is 6.10. The highest BCUT2D eigenvalue weighted by Gasteiger charge is 2.37. The van der Waals surface area contributed by atoms with E-state index in [1.165, 1.54) is 99.7 Å². The number of hydrogen-bond donors (Lipinski definition) is 0. The van der Waals surface area contributed by atoms with Gasteiger partial charge in [-0.05, 0) is 145 Å². The van der Waals surface area contributed by atoms with Crippen molar-refractivity contribution in [1.29, 1.82) is 0 Å². The van der Waals surface area contributed by atoms with Crippen LogP contribution in [0.15, 0.2) is 231 Å². The van der Waals surface area contributed by atoms with Crippen LogP contribution in [0.3, 0.4) is 0 Å². The normalized spacial score (nSPS) is 13.8. The topological polar surface area (TPSA) is 8.17 Å². The van der Waals surface area contributed by atoms with Crippen LogP contribution in [0.5, 0.6) is 0 Å². The van der Waals surface area contributed by atoms with E-state index < -0.39 is 0 Å². The largest absolute Gasteiger partial charge is 0.310 e. The lowest BCUT2D eigenvalue weighted by molar-refractivity contribution is 0.660. The molecule has 1 heterocycles. The quantitative estimate of drug-likeness (QED) is 0.155. The van der Waals surface area contributed by atoms with Crippen LogP contribution in [0.1, 0.15) is 49.9 Å². The second-order valence-electron chi connectivity index (χ2n) is 19.7. The van der Waals surface area contributed by atoms with Crippen LogP contribution in [-0.4, -0.2) is 4.57 Å². The van der Waals surface area contributed by atoms with Crippen molar-refractivity contribution >= 4 is 38.9 Å². The molecule has 0 spiro atoms. The zero-order valence-electron chi connectivity index (χ0n) is 38.8. The predicted octanol–water partition coefficient (Wildman–Crippen LogP) is 17.9. The first-order valence-corrected chi connectivity index (χ1v) is 23.9. The Morgan fingerprint density at radius 1 is 0.309 bits per heavy atom. The molecule has 0 aliphatic heterocycles. The summed E-state index contributed by atoms with van der Waals surface area (Å²) in [5.41, 5.74) is 24.6. The lowest BCUT2D eigenvalue weighted by atomic mass is 9.82. The van der Waals surface area contributed by atoms with Gasteiger partial charge in [0.2, 0.25) is 0 Å². The van der Waals surface area contributed by atoms with Crippen molar-refractivity contribution in [1.82, 2.24) is 4.57 Å². The summed E-state index contributed by atoms with van der Waals surface area (Å²) < 4.78 is 2.44. The van der Waals surface area contributed by atoms with Crippen LogP contribution in [0.25, 0.3) is 83.1 Å². The third-order valence-corrected chi connectivity index (χ3v) is 15.2. The molecule has 68 heavy (non-hydrogen) atoms. The Labute approximate surface area is 399 Å². The molecule has 2 heteroatoms. The van der Waals surface area contributed by atoms with Crippen LogP contribution >= 0.6 is 0 Å². The highest BCUT2D eigenvalue weighted by molar-refractivity contribution is 6.14.